The lowest BCUT2D eigenvalue weighted by Crippen LogP contribution is -2.27. The first-order valence-electron chi connectivity index (χ1n) is 10.2. The summed E-state index contributed by atoms with van der Waals surface area (Å²) in [6.45, 7) is 4.30. The summed E-state index contributed by atoms with van der Waals surface area (Å²) in [5, 5.41) is 3.52. The van der Waals surface area contributed by atoms with Crippen LogP contribution in [0.4, 0.5) is 11.4 Å². The summed E-state index contributed by atoms with van der Waals surface area (Å²) in [6, 6.07) is 20.5. The van der Waals surface area contributed by atoms with Gasteiger partial charge in [-0.2, -0.15) is 0 Å². The highest BCUT2D eigenvalue weighted by atomic mass is 35.5. The zero-order valence-corrected chi connectivity index (χ0v) is 20.0. The second kappa shape index (κ2) is 9.57. The molecule has 1 atom stereocenters. The molecule has 0 radical (unpaired) electrons. The lowest BCUT2D eigenvalue weighted by Gasteiger charge is -2.25. The molecule has 164 valence electrons. The molecule has 1 saturated heterocycles. The number of thioether (sulfide) groups is 1. The third-order valence-electron chi connectivity index (χ3n) is 5.34. The van der Waals surface area contributed by atoms with Crippen molar-refractivity contribution in [3.8, 4) is 0 Å². The van der Waals surface area contributed by atoms with E-state index < -0.39 is 0 Å². The quantitative estimate of drug-likeness (QED) is 0.418. The minimum Gasteiger partial charge on any atom is -0.322 e. The Morgan fingerprint density at radius 3 is 2.34 bits per heavy atom. The molecule has 0 spiro atoms. The molecule has 1 aliphatic heterocycles. The average Bonchev–Trinajstić information content (AvgIpc) is 3.15. The van der Waals surface area contributed by atoms with Crippen molar-refractivity contribution in [2.45, 2.75) is 25.1 Å². The molecule has 0 saturated carbocycles. The first kappa shape index (κ1) is 22.7. The molecule has 0 aliphatic carbocycles. The first-order valence-corrected chi connectivity index (χ1v) is 12.0. The summed E-state index contributed by atoms with van der Waals surface area (Å²) < 4.78 is 0. The van der Waals surface area contributed by atoms with Gasteiger partial charge in [-0.3, -0.25) is 14.5 Å². The zero-order valence-electron chi connectivity index (χ0n) is 17.6. The molecule has 1 fully saturated rings. The topological polar surface area (TPSA) is 49.4 Å². The van der Waals surface area contributed by atoms with Crippen LogP contribution in [-0.4, -0.2) is 17.6 Å². The normalized spacial score (nSPS) is 16.0. The highest BCUT2D eigenvalue weighted by molar-refractivity contribution is 8.00. The van der Waals surface area contributed by atoms with Gasteiger partial charge in [-0.25, -0.2) is 0 Å². The summed E-state index contributed by atoms with van der Waals surface area (Å²) in [6.07, 6.45) is 0. The van der Waals surface area contributed by atoms with E-state index in [1.165, 1.54) is 11.6 Å². The van der Waals surface area contributed by atoms with Crippen LogP contribution in [0.5, 0.6) is 0 Å². The molecule has 0 bridgehead atoms. The van der Waals surface area contributed by atoms with Gasteiger partial charge in [0.15, 0.2) is 0 Å². The number of hydrogen-bond acceptors (Lipinski definition) is 3. The molecule has 32 heavy (non-hydrogen) atoms. The van der Waals surface area contributed by atoms with Gasteiger partial charge in [0, 0.05) is 16.4 Å². The van der Waals surface area contributed by atoms with Gasteiger partial charge >= 0.3 is 0 Å². The molecule has 3 aromatic carbocycles. The number of anilines is 2. The van der Waals surface area contributed by atoms with E-state index in [2.05, 4.69) is 31.3 Å². The number of halogens is 2. The largest absolute Gasteiger partial charge is 0.322 e. The highest BCUT2D eigenvalue weighted by Crippen LogP contribution is 2.42. The maximum atomic E-state index is 12.6. The van der Waals surface area contributed by atoms with Crippen LogP contribution in [0.1, 0.15) is 46.6 Å². The van der Waals surface area contributed by atoms with Crippen molar-refractivity contribution >= 4 is 58.2 Å². The third kappa shape index (κ3) is 4.80. The fourth-order valence-electron chi connectivity index (χ4n) is 3.57. The van der Waals surface area contributed by atoms with E-state index in [1.807, 2.05) is 41.3 Å². The molecular weight excluding hydrogens is 463 g/mol. The van der Waals surface area contributed by atoms with E-state index >= 15 is 0 Å². The third-order valence-corrected chi connectivity index (χ3v) is 7.10. The minimum absolute atomic E-state index is 0.0899. The Morgan fingerprint density at radius 2 is 1.72 bits per heavy atom. The Bertz CT molecular complexity index is 1150. The Morgan fingerprint density at radius 1 is 1.03 bits per heavy atom. The van der Waals surface area contributed by atoms with Crippen LogP contribution >= 0.6 is 35.0 Å². The second-order valence-corrected chi connectivity index (χ2v) is 9.79. The van der Waals surface area contributed by atoms with Crippen molar-refractivity contribution in [3.63, 3.8) is 0 Å². The van der Waals surface area contributed by atoms with Gasteiger partial charge in [-0.1, -0.05) is 61.3 Å². The smallest absolute Gasteiger partial charge is 0.257 e. The van der Waals surface area contributed by atoms with Crippen molar-refractivity contribution < 1.29 is 9.59 Å². The standard InChI is InChI=1S/C25H22Cl2N2O2S/c1-15(2)16-5-10-20(11-6-16)29-23(30)14-32-25(29)17-3-8-19(9-4-17)28-24(31)21-12-7-18(26)13-22(21)27/h3-13,15,25H,14H2,1-2H3,(H,28,31)/t25-/m0/s1. The van der Waals surface area contributed by atoms with Crippen LogP contribution in [0.25, 0.3) is 0 Å². The maximum absolute atomic E-state index is 12.6. The van der Waals surface area contributed by atoms with Crippen molar-refractivity contribution in [2.75, 3.05) is 16.0 Å². The summed E-state index contributed by atoms with van der Waals surface area (Å²) in [4.78, 5) is 27.0. The predicted molar refractivity (Wildman–Crippen MR) is 134 cm³/mol. The van der Waals surface area contributed by atoms with Gasteiger partial charge in [-0.15, -0.1) is 11.8 Å². The van der Waals surface area contributed by atoms with E-state index in [0.29, 0.717) is 33.0 Å². The number of nitrogens with one attached hydrogen (secondary N) is 1. The number of nitrogens with zero attached hydrogens (tertiary/aromatic N) is 1. The fraction of sp³-hybridized carbons (Fsp3) is 0.200. The van der Waals surface area contributed by atoms with Gasteiger partial charge < -0.3 is 5.32 Å². The molecule has 3 aromatic rings. The van der Waals surface area contributed by atoms with Crippen molar-refractivity contribution in [1.82, 2.24) is 0 Å². The van der Waals surface area contributed by atoms with Crippen molar-refractivity contribution in [2.24, 2.45) is 0 Å². The first-order chi connectivity index (χ1) is 15.3. The number of amides is 2. The summed E-state index contributed by atoms with van der Waals surface area (Å²) >= 11 is 13.6. The minimum atomic E-state index is -0.309. The van der Waals surface area contributed by atoms with Crippen molar-refractivity contribution in [1.29, 1.82) is 0 Å². The van der Waals surface area contributed by atoms with Gasteiger partial charge in [0.25, 0.3) is 5.91 Å². The second-order valence-electron chi connectivity index (χ2n) is 7.87. The van der Waals surface area contributed by atoms with Crippen LogP contribution in [-0.2, 0) is 4.79 Å². The van der Waals surface area contributed by atoms with Gasteiger partial charge in [0.1, 0.15) is 5.37 Å². The fourth-order valence-corrected chi connectivity index (χ4v) is 5.24. The lowest BCUT2D eigenvalue weighted by atomic mass is 10.0. The van der Waals surface area contributed by atoms with Crippen molar-refractivity contribution in [3.05, 3.63) is 93.5 Å². The molecule has 7 heteroatoms. The molecule has 0 unspecified atom stereocenters. The Balaban J connectivity index is 1.51. The number of carbonyl (C=O) groups is 2. The number of benzene rings is 3. The summed E-state index contributed by atoms with van der Waals surface area (Å²) in [7, 11) is 0. The molecule has 1 heterocycles. The van der Waals surface area contributed by atoms with E-state index in [0.717, 1.165) is 11.3 Å². The van der Waals surface area contributed by atoms with Crippen LogP contribution in [0.3, 0.4) is 0 Å². The Kier molecular flexibility index (Phi) is 6.79. The van der Waals surface area contributed by atoms with E-state index in [4.69, 9.17) is 23.2 Å². The molecular formula is C25H22Cl2N2O2S. The molecule has 1 aliphatic rings. The van der Waals surface area contributed by atoms with E-state index in [9.17, 15) is 9.59 Å². The van der Waals surface area contributed by atoms with Gasteiger partial charge in [-0.05, 0) is 59.5 Å². The van der Waals surface area contributed by atoms with Crippen LogP contribution < -0.4 is 10.2 Å². The summed E-state index contributed by atoms with van der Waals surface area (Å²) in [5.41, 5.74) is 4.13. The monoisotopic (exact) mass is 484 g/mol. The summed E-state index contributed by atoms with van der Waals surface area (Å²) in [5.74, 6) is 0.655. The van der Waals surface area contributed by atoms with Crippen LogP contribution in [0.15, 0.2) is 66.7 Å². The molecule has 0 aromatic heterocycles. The van der Waals surface area contributed by atoms with Gasteiger partial charge in [0.05, 0.1) is 16.3 Å². The number of hydrogen-bond donors (Lipinski definition) is 1. The molecule has 4 nitrogen and oxygen atoms in total. The maximum Gasteiger partial charge on any atom is 0.257 e. The Labute approximate surface area is 201 Å². The molecule has 2 amide bonds. The zero-order chi connectivity index (χ0) is 22.8. The van der Waals surface area contributed by atoms with E-state index in [1.54, 1.807) is 23.9 Å². The van der Waals surface area contributed by atoms with Crippen LogP contribution in [0.2, 0.25) is 10.0 Å². The average molecular weight is 485 g/mol. The lowest BCUT2D eigenvalue weighted by molar-refractivity contribution is -0.115. The number of carbonyl (C=O) groups excluding carboxylic acids is 2. The highest BCUT2D eigenvalue weighted by Gasteiger charge is 2.34. The van der Waals surface area contributed by atoms with Crippen LogP contribution in [0, 0.1) is 0 Å². The predicted octanol–water partition coefficient (Wildman–Crippen LogP) is 7.15. The Hall–Kier alpha value is -2.47. The SMILES string of the molecule is CC(C)c1ccc(N2C(=O)CS[C@H]2c2ccc(NC(=O)c3ccc(Cl)cc3Cl)cc2)cc1. The molecule has 1 N–H and O–H groups in total. The van der Waals surface area contributed by atoms with E-state index in [-0.39, 0.29) is 17.2 Å². The molecule has 4 rings (SSSR count). The van der Waals surface area contributed by atoms with Gasteiger partial charge in [0.2, 0.25) is 5.91 Å². The number of rotatable bonds is 5.